The zero-order chi connectivity index (χ0) is 23.8. The molecule has 6 rings (SSSR count). The topological polar surface area (TPSA) is 111 Å². The van der Waals surface area contributed by atoms with E-state index in [0.29, 0.717) is 32.1 Å². The van der Waals surface area contributed by atoms with Crippen LogP contribution in [0, 0.1) is 0 Å². The van der Waals surface area contributed by atoms with Gasteiger partial charge in [0.05, 0.1) is 35.1 Å². The monoisotopic (exact) mass is 493 g/mol. The van der Waals surface area contributed by atoms with Crippen molar-refractivity contribution in [2.75, 3.05) is 64.0 Å². The number of benzene rings is 1. The summed E-state index contributed by atoms with van der Waals surface area (Å²) in [5, 5.41) is 17.4. The van der Waals surface area contributed by atoms with Gasteiger partial charge in [-0.25, -0.2) is 9.97 Å². The number of nitrogens with one attached hydrogen (secondary N) is 1. The van der Waals surface area contributed by atoms with Gasteiger partial charge in [-0.1, -0.05) is 12.1 Å². The molecule has 10 nitrogen and oxygen atoms in total. The highest BCUT2D eigenvalue weighted by Crippen LogP contribution is 2.36. The number of morpholine rings is 1. The van der Waals surface area contributed by atoms with E-state index in [0.717, 1.165) is 65.2 Å². The number of amides is 1. The molecule has 5 heterocycles. The van der Waals surface area contributed by atoms with Crippen molar-refractivity contribution in [3.8, 4) is 11.4 Å². The average molecular weight is 494 g/mol. The van der Waals surface area contributed by atoms with Crippen LogP contribution in [0.15, 0.2) is 30.5 Å². The summed E-state index contributed by atoms with van der Waals surface area (Å²) in [5.74, 6) is 1.46. The van der Waals surface area contributed by atoms with Crippen LogP contribution in [0.25, 0.3) is 32.5 Å². The number of aliphatic hydroxyl groups is 1. The zero-order valence-electron chi connectivity index (χ0n) is 19.3. The van der Waals surface area contributed by atoms with E-state index in [1.54, 1.807) is 16.2 Å². The molecule has 2 saturated heterocycles. The third-order valence-electron chi connectivity index (χ3n) is 6.68. The van der Waals surface area contributed by atoms with E-state index in [-0.39, 0.29) is 5.91 Å². The summed E-state index contributed by atoms with van der Waals surface area (Å²) in [6, 6.07) is 8.22. The summed E-state index contributed by atoms with van der Waals surface area (Å²) in [6.07, 6.45) is 1.83. The average Bonchev–Trinajstić information content (AvgIpc) is 3.55. The smallest absolute Gasteiger partial charge is 0.248 e. The Hall–Kier alpha value is -3.12. The summed E-state index contributed by atoms with van der Waals surface area (Å²) in [7, 11) is 0. The summed E-state index contributed by atoms with van der Waals surface area (Å²) in [4.78, 5) is 29.4. The van der Waals surface area contributed by atoms with Gasteiger partial charge in [0.15, 0.2) is 11.6 Å². The third-order valence-corrected chi connectivity index (χ3v) is 7.79. The molecule has 35 heavy (non-hydrogen) atoms. The Bertz CT molecular complexity index is 1360. The van der Waals surface area contributed by atoms with Gasteiger partial charge < -0.3 is 19.6 Å². The molecule has 0 saturated carbocycles. The molecule has 2 aliphatic rings. The van der Waals surface area contributed by atoms with Gasteiger partial charge in [-0.2, -0.15) is 5.10 Å². The van der Waals surface area contributed by atoms with Crippen LogP contribution in [-0.4, -0.2) is 100 Å². The summed E-state index contributed by atoms with van der Waals surface area (Å²) < 4.78 is 6.69. The first-order valence-electron chi connectivity index (χ1n) is 11.9. The molecule has 0 spiro atoms. The van der Waals surface area contributed by atoms with E-state index in [1.807, 2.05) is 24.4 Å². The summed E-state index contributed by atoms with van der Waals surface area (Å²) in [5.41, 5.74) is 2.88. The number of anilines is 1. The number of hydrogen-bond acceptors (Lipinski definition) is 9. The van der Waals surface area contributed by atoms with Crippen LogP contribution < -0.4 is 4.90 Å². The maximum absolute atomic E-state index is 11.8. The molecule has 0 unspecified atom stereocenters. The zero-order valence-corrected chi connectivity index (χ0v) is 20.1. The normalized spacial score (nSPS) is 17.5. The van der Waals surface area contributed by atoms with Crippen molar-refractivity contribution in [1.82, 2.24) is 30.0 Å². The number of aliphatic hydroxyl groups excluding tert-OH is 1. The summed E-state index contributed by atoms with van der Waals surface area (Å²) in [6.45, 7) is 6.21. The van der Waals surface area contributed by atoms with Gasteiger partial charge in [-0.15, -0.1) is 11.3 Å². The van der Waals surface area contributed by atoms with Crippen LogP contribution >= 0.6 is 11.3 Å². The maximum atomic E-state index is 11.8. The van der Waals surface area contributed by atoms with Crippen LogP contribution in [0.4, 0.5) is 5.82 Å². The van der Waals surface area contributed by atoms with Crippen LogP contribution in [0.5, 0.6) is 0 Å². The molecule has 4 aromatic rings. The number of piperazine rings is 1. The molecule has 2 N–H and O–H groups in total. The molecule has 182 valence electrons. The molecular weight excluding hydrogens is 466 g/mol. The van der Waals surface area contributed by atoms with Crippen LogP contribution in [0.1, 0.15) is 4.88 Å². The van der Waals surface area contributed by atoms with Gasteiger partial charge in [0, 0.05) is 61.6 Å². The lowest BCUT2D eigenvalue weighted by Gasteiger charge is -2.34. The minimum atomic E-state index is -0.422. The lowest BCUT2D eigenvalue weighted by molar-refractivity contribution is -0.135. The lowest BCUT2D eigenvalue weighted by atomic mass is 10.1. The van der Waals surface area contributed by atoms with Gasteiger partial charge in [0.25, 0.3) is 0 Å². The Kier molecular flexibility index (Phi) is 6.06. The number of thiophene rings is 1. The SMILES string of the molecule is O=C(CO)N1CCN(Cc2cc3nc(-c4cccc5[nH]ncc45)nc(N4CCOCC4)c3s2)CC1. The number of carbonyl (C=O) groups is 1. The highest BCUT2D eigenvalue weighted by molar-refractivity contribution is 7.19. The molecule has 1 aromatic carbocycles. The number of aromatic amines is 1. The van der Waals surface area contributed by atoms with Crippen molar-refractivity contribution in [2.45, 2.75) is 6.54 Å². The van der Waals surface area contributed by atoms with Crippen molar-refractivity contribution in [1.29, 1.82) is 0 Å². The molecule has 0 aliphatic carbocycles. The number of nitrogens with zero attached hydrogens (tertiary/aromatic N) is 6. The Morgan fingerprint density at radius 3 is 2.74 bits per heavy atom. The first-order valence-corrected chi connectivity index (χ1v) is 12.7. The second-order valence-corrected chi connectivity index (χ2v) is 9.99. The predicted molar refractivity (Wildman–Crippen MR) is 134 cm³/mol. The molecule has 0 atom stereocenters. The van der Waals surface area contributed by atoms with Gasteiger partial charge in [-0.05, 0) is 12.1 Å². The number of aromatic nitrogens is 4. The van der Waals surface area contributed by atoms with E-state index in [2.05, 4.69) is 26.1 Å². The van der Waals surface area contributed by atoms with Crippen molar-refractivity contribution >= 4 is 44.2 Å². The molecule has 1 amide bonds. The molecule has 2 aliphatic heterocycles. The number of hydrogen-bond donors (Lipinski definition) is 2. The lowest BCUT2D eigenvalue weighted by Crippen LogP contribution is -2.49. The number of ether oxygens (including phenoxy) is 1. The van der Waals surface area contributed by atoms with Gasteiger partial charge in [-0.3, -0.25) is 14.8 Å². The third kappa shape index (κ3) is 4.36. The van der Waals surface area contributed by atoms with Crippen molar-refractivity contribution < 1.29 is 14.6 Å². The predicted octanol–water partition coefficient (Wildman–Crippen LogP) is 1.71. The quantitative estimate of drug-likeness (QED) is 0.432. The van der Waals surface area contributed by atoms with Crippen LogP contribution in [0.2, 0.25) is 0 Å². The number of carbonyl (C=O) groups excluding carboxylic acids is 1. The molecule has 3 aromatic heterocycles. The van der Waals surface area contributed by atoms with Gasteiger partial charge in [0.1, 0.15) is 6.61 Å². The number of fused-ring (bicyclic) bond motifs is 2. The van der Waals surface area contributed by atoms with Gasteiger partial charge in [0.2, 0.25) is 5.91 Å². The Labute approximate surface area is 206 Å². The fraction of sp³-hybridized carbons (Fsp3) is 0.417. The molecule has 2 fully saturated rings. The number of H-pyrrole nitrogens is 1. The molecular formula is C24H27N7O3S. The minimum Gasteiger partial charge on any atom is -0.387 e. The van der Waals surface area contributed by atoms with E-state index in [1.165, 1.54) is 4.88 Å². The highest BCUT2D eigenvalue weighted by Gasteiger charge is 2.24. The van der Waals surface area contributed by atoms with E-state index >= 15 is 0 Å². The largest absolute Gasteiger partial charge is 0.387 e. The Balaban J connectivity index is 1.34. The van der Waals surface area contributed by atoms with Crippen LogP contribution in [-0.2, 0) is 16.1 Å². The summed E-state index contributed by atoms with van der Waals surface area (Å²) >= 11 is 1.74. The first kappa shape index (κ1) is 22.4. The van der Waals surface area contributed by atoms with E-state index < -0.39 is 6.61 Å². The maximum Gasteiger partial charge on any atom is 0.248 e. The molecule has 0 radical (unpaired) electrons. The number of rotatable bonds is 5. The van der Waals surface area contributed by atoms with E-state index in [9.17, 15) is 4.79 Å². The second kappa shape index (κ2) is 9.50. The van der Waals surface area contributed by atoms with Crippen molar-refractivity contribution in [3.05, 3.63) is 35.3 Å². The second-order valence-electron chi connectivity index (χ2n) is 8.85. The fourth-order valence-electron chi connectivity index (χ4n) is 4.79. The standard InChI is InChI=1S/C24H27N7O3S/c32-15-21(33)30-6-4-29(5-7-30)14-16-12-20-22(35-16)24(31-8-10-34-11-9-31)27-23(26-20)17-2-1-3-19-18(17)13-25-28-19/h1-3,12-13,32H,4-11,14-15H2,(H,25,28). The Morgan fingerprint density at radius 2 is 1.94 bits per heavy atom. The fourth-order valence-corrected chi connectivity index (χ4v) is 5.95. The van der Waals surface area contributed by atoms with Crippen LogP contribution in [0.3, 0.4) is 0 Å². The highest BCUT2D eigenvalue weighted by atomic mass is 32.1. The molecule has 11 heteroatoms. The molecule has 0 bridgehead atoms. The van der Waals surface area contributed by atoms with Gasteiger partial charge >= 0.3 is 0 Å². The van der Waals surface area contributed by atoms with Crippen molar-refractivity contribution in [2.24, 2.45) is 0 Å². The first-order chi connectivity index (χ1) is 17.2. The Morgan fingerprint density at radius 1 is 1.11 bits per heavy atom. The van der Waals surface area contributed by atoms with Crippen molar-refractivity contribution in [3.63, 3.8) is 0 Å². The minimum absolute atomic E-state index is 0.197. The van der Waals surface area contributed by atoms with E-state index in [4.69, 9.17) is 19.8 Å².